The van der Waals surface area contributed by atoms with Crippen molar-refractivity contribution in [2.45, 2.75) is 38.1 Å². The molecule has 4 rings (SSSR count). The lowest BCUT2D eigenvalue weighted by Crippen LogP contribution is -2.44. The highest BCUT2D eigenvalue weighted by molar-refractivity contribution is 6.00. The molecule has 0 aliphatic carbocycles. The van der Waals surface area contributed by atoms with Crippen molar-refractivity contribution >= 4 is 28.5 Å². The highest BCUT2D eigenvalue weighted by atomic mass is 16.2. The van der Waals surface area contributed by atoms with Crippen molar-refractivity contribution in [2.75, 3.05) is 18.0 Å². The van der Waals surface area contributed by atoms with Crippen molar-refractivity contribution in [1.82, 2.24) is 14.5 Å². The van der Waals surface area contributed by atoms with E-state index in [9.17, 15) is 14.4 Å². The number of rotatable bonds is 2. The van der Waals surface area contributed by atoms with Crippen LogP contribution in [0.4, 0.5) is 5.69 Å². The maximum atomic E-state index is 12.9. The second-order valence-corrected chi connectivity index (χ2v) is 6.87. The SMILES string of the molecule is Cn1c(=O)n(C2CCC(=O)NC2=O)c2cccc(N3CCCCC3)c21. The molecule has 2 aliphatic heterocycles. The highest BCUT2D eigenvalue weighted by Gasteiger charge is 2.32. The minimum Gasteiger partial charge on any atom is -0.370 e. The van der Waals surface area contributed by atoms with E-state index < -0.39 is 11.9 Å². The van der Waals surface area contributed by atoms with Crippen LogP contribution in [0.25, 0.3) is 11.0 Å². The van der Waals surface area contributed by atoms with E-state index in [1.807, 2.05) is 18.2 Å². The molecule has 0 bridgehead atoms. The maximum Gasteiger partial charge on any atom is 0.329 e. The van der Waals surface area contributed by atoms with Crippen LogP contribution >= 0.6 is 0 Å². The van der Waals surface area contributed by atoms with E-state index in [1.165, 1.54) is 6.42 Å². The predicted octanol–water partition coefficient (Wildman–Crippen LogP) is 1.31. The molecule has 2 fully saturated rings. The second-order valence-electron chi connectivity index (χ2n) is 6.87. The Morgan fingerprint density at radius 1 is 1.08 bits per heavy atom. The number of carbonyl (C=O) groups excluding carboxylic acids is 2. The van der Waals surface area contributed by atoms with Gasteiger partial charge in [-0.05, 0) is 37.8 Å². The maximum absolute atomic E-state index is 12.9. The Labute approximate surface area is 145 Å². The Kier molecular flexibility index (Phi) is 3.86. The summed E-state index contributed by atoms with van der Waals surface area (Å²) in [6.45, 7) is 1.97. The molecule has 1 aromatic heterocycles. The number of benzene rings is 1. The number of aryl methyl sites for hydroxylation is 1. The molecule has 1 atom stereocenters. The van der Waals surface area contributed by atoms with Crippen molar-refractivity contribution < 1.29 is 9.59 Å². The molecule has 3 heterocycles. The number of hydrogen-bond acceptors (Lipinski definition) is 4. The Morgan fingerprint density at radius 3 is 2.56 bits per heavy atom. The Bertz CT molecular complexity index is 905. The van der Waals surface area contributed by atoms with Gasteiger partial charge in [0, 0.05) is 26.6 Å². The van der Waals surface area contributed by atoms with Gasteiger partial charge >= 0.3 is 5.69 Å². The third-order valence-corrected chi connectivity index (χ3v) is 5.30. The first-order valence-electron chi connectivity index (χ1n) is 8.86. The molecule has 1 unspecified atom stereocenters. The molecule has 1 aromatic carbocycles. The molecular weight excluding hydrogens is 320 g/mol. The van der Waals surface area contributed by atoms with Gasteiger partial charge in [-0.25, -0.2) is 4.79 Å². The number of anilines is 1. The van der Waals surface area contributed by atoms with Gasteiger partial charge in [0.05, 0.1) is 16.7 Å². The fourth-order valence-corrected chi connectivity index (χ4v) is 4.04. The van der Waals surface area contributed by atoms with Crippen LogP contribution in [0, 0.1) is 0 Å². The summed E-state index contributed by atoms with van der Waals surface area (Å²) in [4.78, 5) is 38.9. The van der Waals surface area contributed by atoms with Gasteiger partial charge in [-0.2, -0.15) is 0 Å². The molecule has 7 heteroatoms. The average Bonchev–Trinajstić information content (AvgIpc) is 2.87. The van der Waals surface area contributed by atoms with Crippen LogP contribution in [0.2, 0.25) is 0 Å². The zero-order chi connectivity index (χ0) is 17.6. The number of hydrogen-bond donors (Lipinski definition) is 1. The van der Waals surface area contributed by atoms with Crippen LogP contribution in [-0.2, 0) is 16.6 Å². The quantitative estimate of drug-likeness (QED) is 0.835. The molecule has 2 saturated heterocycles. The van der Waals surface area contributed by atoms with Gasteiger partial charge in [0.25, 0.3) is 0 Å². The predicted molar refractivity (Wildman–Crippen MR) is 94.7 cm³/mol. The number of nitrogens with zero attached hydrogens (tertiary/aromatic N) is 3. The van der Waals surface area contributed by atoms with E-state index in [1.54, 1.807) is 16.2 Å². The summed E-state index contributed by atoms with van der Waals surface area (Å²) in [5.41, 5.74) is 2.45. The number of fused-ring (bicyclic) bond motifs is 1. The monoisotopic (exact) mass is 342 g/mol. The van der Waals surface area contributed by atoms with Gasteiger partial charge in [0.1, 0.15) is 6.04 Å². The van der Waals surface area contributed by atoms with Crippen molar-refractivity contribution in [2.24, 2.45) is 7.05 Å². The van der Waals surface area contributed by atoms with Crippen LogP contribution in [-0.4, -0.2) is 34.0 Å². The van der Waals surface area contributed by atoms with Gasteiger partial charge < -0.3 is 4.90 Å². The number of imidazole rings is 1. The van der Waals surface area contributed by atoms with Crippen LogP contribution in [0.15, 0.2) is 23.0 Å². The third-order valence-electron chi connectivity index (χ3n) is 5.30. The highest BCUT2D eigenvalue weighted by Crippen LogP contribution is 2.30. The van der Waals surface area contributed by atoms with Crippen molar-refractivity contribution in [3.63, 3.8) is 0 Å². The standard InChI is InChI=1S/C18H22N4O3/c1-20-16-12(21-10-3-2-4-11-21)6-5-7-13(16)22(18(20)25)14-8-9-15(23)19-17(14)24/h5-7,14H,2-4,8-11H2,1H3,(H,19,23,24). The van der Waals surface area contributed by atoms with Crippen molar-refractivity contribution in [1.29, 1.82) is 0 Å². The van der Waals surface area contributed by atoms with Crippen LogP contribution < -0.4 is 15.9 Å². The number of piperidine rings is 2. The molecular formula is C18H22N4O3. The first kappa shape index (κ1) is 15.9. The summed E-state index contributed by atoms with van der Waals surface area (Å²) in [7, 11) is 1.75. The van der Waals surface area contributed by atoms with Crippen LogP contribution in [0.1, 0.15) is 38.1 Å². The third kappa shape index (κ3) is 2.54. The topological polar surface area (TPSA) is 76.3 Å². The molecule has 1 N–H and O–H groups in total. The van der Waals surface area contributed by atoms with E-state index in [-0.39, 0.29) is 18.0 Å². The molecule has 25 heavy (non-hydrogen) atoms. The molecule has 132 valence electrons. The Balaban J connectivity index is 1.86. The summed E-state index contributed by atoms with van der Waals surface area (Å²) in [6.07, 6.45) is 4.15. The molecule has 0 radical (unpaired) electrons. The smallest absolute Gasteiger partial charge is 0.329 e. The summed E-state index contributed by atoms with van der Waals surface area (Å²) >= 11 is 0. The minimum absolute atomic E-state index is 0.214. The van der Waals surface area contributed by atoms with Gasteiger partial charge in [-0.15, -0.1) is 0 Å². The largest absolute Gasteiger partial charge is 0.370 e. The van der Waals surface area contributed by atoms with E-state index in [0.717, 1.165) is 42.7 Å². The lowest BCUT2D eigenvalue weighted by Gasteiger charge is -2.29. The van der Waals surface area contributed by atoms with Crippen molar-refractivity contribution in [3.8, 4) is 0 Å². The second kappa shape index (κ2) is 6.06. The Morgan fingerprint density at radius 2 is 1.84 bits per heavy atom. The molecule has 7 nitrogen and oxygen atoms in total. The van der Waals surface area contributed by atoms with Crippen molar-refractivity contribution in [3.05, 3.63) is 28.7 Å². The summed E-state index contributed by atoms with van der Waals surface area (Å²) < 4.78 is 3.17. The number of nitrogens with one attached hydrogen (secondary N) is 1. The number of amides is 2. The zero-order valence-electron chi connectivity index (χ0n) is 14.3. The molecule has 2 aromatic rings. The van der Waals surface area contributed by atoms with Gasteiger partial charge in [-0.1, -0.05) is 6.07 Å². The average molecular weight is 342 g/mol. The molecule has 2 aliphatic rings. The fourth-order valence-electron chi connectivity index (χ4n) is 4.04. The number of aromatic nitrogens is 2. The minimum atomic E-state index is -0.634. The number of imide groups is 1. The van der Waals surface area contributed by atoms with E-state index in [2.05, 4.69) is 10.2 Å². The number of carbonyl (C=O) groups is 2. The summed E-state index contributed by atoms with van der Waals surface area (Å²) in [6, 6.07) is 5.23. The van der Waals surface area contributed by atoms with E-state index >= 15 is 0 Å². The molecule has 0 spiro atoms. The van der Waals surface area contributed by atoms with Crippen LogP contribution in [0.3, 0.4) is 0 Å². The Hall–Kier alpha value is -2.57. The lowest BCUT2D eigenvalue weighted by molar-refractivity contribution is -0.135. The first-order valence-corrected chi connectivity index (χ1v) is 8.86. The van der Waals surface area contributed by atoms with Gasteiger partial charge in [0.2, 0.25) is 11.8 Å². The van der Waals surface area contributed by atoms with E-state index in [4.69, 9.17) is 0 Å². The summed E-state index contributed by atoms with van der Waals surface area (Å²) in [5.74, 6) is -0.669. The van der Waals surface area contributed by atoms with Crippen LogP contribution in [0.5, 0.6) is 0 Å². The normalized spacial score (nSPS) is 21.6. The van der Waals surface area contributed by atoms with Gasteiger partial charge in [0.15, 0.2) is 0 Å². The lowest BCUT2D eigenvalue weighted by atomic mass is 10.1. The first-order chi connectivity index (χ1) is 12.1. The molecule has 2 amide bonds. The number of para-hydroxylation sites is 1. The van der Waals surface area contributed by atoms with Gasteiger partial charge in [-0.3, -0.25) is 24.0 Å². The molecule has 0 saturated carbocycles. The summed E-state index contributed by atoms with van der Waals surface area (Å²) in [5, 5.41) is 2.35. The van der Waals surface area contributed by atoms with E-state index in [0.29, 0.717) is 6.42 Å². The zero-order valence-corrected chi connectivity index (χ0v) is 14.3. The fraction of sp³-hybridized carbons (Fsp3) is 0.500.